The van der Waals surface area contributed by atoms with Crippen molar-refractivity contribution in [1.29, 1.82) is 0 Å². The van der Waals surface area contributed by atoms with Gasteiger partial charge in [0.15, 0.2) is 5.78 Å². The molecular weight excluding hydrogens is 260 g/mol. The maximum absolute atomic E-state index is 12.1. The van der Waals surface area contributed by atoms with Crippen LogP contribution in [0.5, 0.6) is 0 Å². The number of hydrogen-bond acceptors (Lipinski definition) is 2. The first-order valence-corrected chi connectivity index (χ1v) is 6.30. The summed E-state index contributed by atoms with van der Waals surface area (Å²) in [5, 5.41) is 0. The van der Waals surface area contributed by atoms with Crippen LogP contribution in [0.4, 0.5) is 0 Å². The maximum atomic E-state index is 12.1. The van der Waals surface area contributed by atoms with E-state index in [0.717, 1.165) is 20.6 Å². The third-order valence-electron chi connectivity index (χ3n) is 2.63. The molecule has 0 atom stereocenters. The predicted molar refractivity (Wildman–Crippen MR) is 65.2 cm³/mol. The molecule has 0 radical (unpaired) electrons. The van der Waals surface area contributed by atoms with E-state index in [9.17, 15) is 4.79 Å². The van der Waals surface area contributed by atoms with Crippen molar-refractivity contribution in [3.63, 3.8) is 0 Å². The first kappa shape index (κ1) is 11.9. The van der Waals surface area contributed by atoms with Gasteiger partial charge in [-0.05, 0) is 35.3 Å². The summed E-state index contributed by atoms with van der Waals surface area (Å²) in [5.41, 5.74) is 0.624. The van der Waals surface area contributed by atoms with Gasteiger partial charge in [0.25, 0.3) is 0 Å². The average molecular weight is 275 g/mol. The van der Waals surface area contributed by atoms with Crippen molar-refractivity contribution in [3.8, 4) is 0 Å². The molecule has 14 heavy (non-hydrogen) atoms. The van der Waals surface area contributed by atoms with Crippen molar-refractivity contribution >= 4 is 33.0 Å². The Bertz CT molecular complexity index is 352. The number of Topliss-reactive ketones (excluding diaryl/α,β-unsaturated/α-hetero) is 1. The second kappa shape index (κ2) is 4.15. The van der Waals surface area contributed by atoms with Crippen LogP contribution < -0.4 is 0 Å². The van der Waals surface area contributed by atoms with Gasteiger partial charge >= 0.3 is 0 Å². The summed E-state index contributed by atoms with van der Waals surface area (Å²) >= 11 is 5.03. The molecule has 0 bridgehead atoms. The lowest BCUT2D eigenvalue weighted by Crippen LogP contribution is -2.23. The number of ketones is 1. The highest BCUT2D eigenvalue weighted by Gasteiger charge is 2.28. The van der Waals surface area contributed by atoms with Crippen LogP contribution in [0.1, 0.15) is 42.4 Å². The van der Waals surface area contributed by atoms with Crippen molar-refractivity contribution in [2.24, 2.45) is 5.41 Å². The van der Waals surface area contributed by atoms with E-state index < -0.39 is 0 Å². The first-order valence-electron chi connectivity index (χ1n) is 4.69. The van der Waals surface area contributed by atoms with Crippen LogP contribution in [0, 0.1) is 12.3 Å². The number of hydrogen-bond donors (Lipinski definition) is 0. The van der Waals surface area contributed by atoms with E-state index >= 15 is 0 Å². The topological polar surface area (TPSA) is 17.1 Å². The SMILES string of the molecule is CCC(C)(C)C(=O)c1cc(Br)sc1C. The van der Waals surface area contributed by atoms with Crippen LogP contribution in [0.25, 0.3) is 0 Å². The van der Waals surface area contributed by atoms with Gasteiger partial charge in [0.05, 0.1) is 3.79 Å². The molecule has 78 valence electrons. The van der Waals surface area contributed by atoms with Gasteiger partial charge in [-0.25, -0.2) is 0 Å². The average Bonchev–Trinajstić information content (AvgIpc) is 2.44. The summed E-state index contributed by atoms with van der Waals surface area (Å²) < 4.78 is 1.03. The van der Waals surface area contributed by atoms with E-state index in [4.69, 9.17) is 0 Å². The van der Waals surface area contributed by atoms with E-state index in [1.54, 1.807) is 11.3 Å². The van der Waals surface area contributed by atoms with Gasteiger partial charge in [-0.3, -0.25) is 4.79 Å². The first-order chi connectivity index (χ1) is 6.38. The third kappa shape index (κ3) is 2.26. The van der Waals surface area contributed by atoms with Crippen LogP contribution in [-0.4, -0.2) is 5.78 Å². The zero-order valence-corrected chi connectivity index (χ0v) is 11.4. The molecule has 0 unspecified atom stereocenters. The Balaban J connectivity index is 3.06. The largest absolute Gasteiger partial charge is 0.294 e. The minimum Gasteiger partial charge on any atom is -0.294 e. The van der Waals surface area contributed by atoms with E-state index in [0.29, 0.717) is 0 Å². The molecule has 0 aliphatic carbocycles. The normalized spacial score (nSPS) is 11.8. The monoisotopic (exact) mass is 274 g/mol. The van der Waals surface area contributed by atoms with E-state index in [-0.39, 0.29) is 11.2 Å². The number of aryl methyl sites for hydroxylation is 1. The highest BCUT2D eigenvalue weighted by molar-refractivity contribution is 9.11. The van der Waals surface area contributed by atoms with E-state index in [1.807, 2.05) is 26.8 Å². The van der Waals surface area contributed by atoms with Crippen LogP contribution in [0.2, 0.25) is 0 Å². The molecule has 1 heterocycles. The molecule has 0 amide bonds. The minimum atomic E-state index is -0.245. The Kier molecular flexibility index (Phi) is 3.53. The second-order valence-corrected chi connectivity index (χ2v) is 6.72. The summed E-state index contributed by atoms with van der Waals surface area (Å²) in [7, 11) is 0. The molecule has 3 heteroatoms. The Hall–Kier alpha value is -0.150. The van der Waals surface area contributed by atoms with Crippen molar-refractivity contribution < 1.29 is 4.79 Å². The third-order valence-corrected chi connectivity index (χ3v) is 4.18. The van der Waals surface area contributed by atoms with Crippen molar-refractivity contribution in [2.75, 3.05) is 0 Å². The molecule has 0 aliphatic heterocycles. The van der Waals surface area contributed by atoms with E-state index in [2.05, 4.69) is 22.9 Å². The Morgan fingerprint density at radius 1 is 1.57 bits per heavy atom. The number of carbonyl (C=O) groups is 1. The van der Waals surface area contributed by atoms with Gasteiger partial charge in [0.2, 0.25) is 0 Å². The lowest BCUT2D eigenvalue weighted by atomic mass is 9.82. The summed E-state index contributed by atoms with van der Waals surface area (Å²) in [5.74, 6) is 0.249. The molecule has 0 N–H and O–H groups in total. The standard InChI is InChI=1S/C11H15BrOS/c1-5-11(3,4)10(13)8-6-9(12)14-7(8)2/h6H,5H2,1-4H3. The second-order valence-electron chi connectivity index (χ2n) is 4.09. The highest BCUT2D eigenvalue weighted by atomic mass is 79.9. The van der Waals surface area contributed by atoms with Gasteiger partial charge in [-0.2, -0.15) is 0 Å². The minimum absolute atomic E-state index is 0.245. The molecule has 0 aromatic carbocycles. The molecular formula is C11H15BrOS. The molecule has 0 saturated carbocycles. The summed E-state index contributed by atoms with van der Waals surface area (Å²) in [6.07, 6.45) is 0.874. The van der Waals surface area contributed by atoms with Crippen molar-refractivity contribution in [2.45, 2.75) is 34.1 Å². The summed E-state index contributed by atoms with van der Waals surface area (Å²) in [6.45, 7) is 8.05. The summed E-state index contributed by atoms with van der Waals surface area (Å²) in [4.78, 5) is 13.2. The van der Waals surface area contributed by atoms with Crippen LogP contribution >= 0.6 is 27.3 Å². The van der Waals surface area contributed by atoms with E-state index in [1.165, 1.54) is 0 Å². The zero-order valence-electron chi connectivity index (χ0n) is 8.98. The van der Waals surface area contributed by atoms with Gasteiger partial charge in [0, 0.05) is 15.9 Å². The fourth-order valence-electron chi connectivity index (χ4n) is 1.20. The summed E-state index contributed by atoms with van der Waals surface area (Å²) in [6, 6.07) is 1.93. The van der Waals surface area contributed by atoms with Crippen LogP contribution in [-0.2, 0) is 0 Å². The molecule has 1 aromatic rings. The maximum Gasteiger partial charge on any atom is 0.169 e. The Labute approximate surface area is 97.7 Å². The van der Waals surface area contributed by atoms with Gasteiger partial charge < -0.3 is 0 Å². The van der Waals surface area contributed by atoms with Gasteiger partial charge in [-0.15, -0.1) is 11.3 Å². The number of thiophene rings is 1. The van der Waals surface area contributed by atoms with Crippen LogP contribution in [0.3, 0.4) is 0 Å². The zero-order chi connectivity index (χ0) is 10.9. The fraction of sp³-hybridized carbons (Fsp3) is 0.545. The van der Waals surface area contributed by atoms with Crippen molar-refractivity contribution in [3.05, 3.63) is 20.3 Å². The van der Waals surface area contributed by atoms with Gasteiger partial charge in [-0.1, -0.05) is 20.8 Å². The number of halogens is 1. The Morgan fingerprint density at radius 2 is 2.14 bits per heavy atom. The molecule has 0 aliphatic rings. The molecule has 0 saturated heterocycles. The quantitative estimate of drug-likeness (QED) is 0.745. The lowest BCUT2D eigenvalue weighted by molar-refractivity contribution is 0.0833. The number of carbonyl (C=O) groups excluding carboxylic acids is 1. The predicted octanol–water partition coefficient (Wildman–Crippen LogP) is 4.44. The smallest absolute Gasteiger partial charge is 0.169 e. The Morgan fingerprint density at radius 3 is 2.50 bits per heavy atom. The molecule has 1 nitrogen and oxygen atoms in total. The van der Waals surface area contributed by atoms with Crippen LogP contribution in [0.15, 0.2) is 9.85 Å². The lowest BCUT2D eigenvalue weighted by Gasteiger charge is -2.20. The van der Waals surface area contributed by atoms with Crippen molar-refractivity contribution in [1.82, 2.24) is 0 Å². The fourth-order valence-corrected chi connectivity index (χ4v) is 2.88. The number of rotatable bonds is 3. The molecule has 1 aromatic heterocycles. The van der Waals surface area contributed by atoms with Gasteiger partial charge in [0.1, 0.15) is 0 Å². The highest BCUT2D eigenvalue weighted by Crippen LogP contribution is 2.32. The molecule has 0 fully saturated rings. The molecule has 1 rings (SSSR count). The molecule has 0 spiro atoms.